The molecule has 2 heterocycles. The topological polar surface area (TPSA) is 25.8 Å². The van der Waals surface area contributed by atoms with E-state index in [-0.39, 0.29) is 0 Å². The zero-order valence-electron chi connectivity index (χ0n) is 11.7. The molecule has 0 aliphatic carbocycles. The maximum Gasteiger partial charge on any atom is 0.0977 e. The number of aromatic nitrogens is 2. The summed E-state index contributed by atoms with van der Waals surface area (Å²) >= 11 is 0. The highest BCUT2D eigenvalue weighted by atomic mass is 14.7. The second-order valence-electron chi connectivity index (χ2n) is 5.91. The number of fused-ring (bicyclic) bond motifs is 1. The van der Waals surface area contributed by atoms with E-state index in [2.05, 4.69) is 58.5 Å². The van der Waals surface area contributed by atoms with E-state index in [1.54, 1.807) is 0 Å². The SMILES string of the molecule is c1cc2ccc3ccc4ccc5ccnc6c(n1)c2c3c4c56. The van der Waals surface area contributed by atoms with Crippen LogP contribution in [0.4, 0.5) is 0 Å². The maximum atomic E-state index is 4.67. The Kier molecular flexibility index (Phi) is 1.66. The van der Waals surface area contributed by atoms with Crippen LogP contribution in [0, 0.1) is 0 Å². The molecule has 22 heavy (non-hydrogen) atoms. The van der Waals surface area contributed by atoms with Gasteiger partial charge in [-0.1, -0.05) is 36.4 Å². The molecule has 4 aromatic carbocycles. The molecule has 0 atom stereocenters. The summed E-state index contributed by atoms with van der Waals surface area (Å²) in [5.41, 5.74) is 2.03. The Hall–Kier alpha value is -3.00. The highest BCUT2D eigenvalue weighted by Gasteiger charge is 2.17. The summed E-state index contributed by atoms with van der Waals surface area (Å²) in [7, 11) is 0. The van der Waals surface area contributed by atoms with Crippen LogP contribution >= 0.6 is 0 Å². The first-order chi connectivity index (χ1) is 10.9. The summed E-state index contributed by atoms with van der Waals surface area (Å²) in [5.74, 6) is 0. The van der Waals surface area contributed by atoms with Gasteiger partial charge in [-0.15, -0.1) is 0 Å². The highest BCUT2D eigenvalue weighted by molar-refractivity contribution is 6.38. The quantitative estimate of drug-likeness (QED) is 0.285. The fraction of sp³-hybridized carbons (Fsp3) is 0. The van der Waals surface area contributed by atoms with Gasteiger partial charge in [-0.2, -0.15) is 0 Å². The number of benzene rings is 4. The summed E-state index contributed by atoms with van der Waals surface area (Å²) in [6.45, 7) is 0. The molecule has 0 radical (unpaired) electrons. The number of hydrogen-bond acceptors (Lipinski definition) is 2. The first-order valence-corrected chi connectivity index (χ1v) is 7.44. The zero-order chi connectivity index (χ0) is 14.3. The van der Waals surface area contributed by atoms with Gasteiger partial charge < -0.3 is 0 Å². The van der Waals surface area contributed by atoms with Gasteiger partial charge in [-0.25, -0.2) is 0 Å². The Morgan fingerprint density at radius 2 is 0.773 bits per heavy atom. The molecule has 2 heteroatoms. The molecular weight excluding hydrogens is 268 g/mol. The first-order valence-electron chi connectivity index (χ1n) is 7.44. The van der Waals surface area contributed by atoms with Gasteiger partial charge in [0.05, 0.1) is 11.0 Å². The number of hydrogen-bond donors (Lipinski definition) is 0. The lowest BCUT2D eigenvalue weighted by Crippen LogP contribution is -1.92. The van der Waals surface area contributed by atoms with E-state index in [1.165, 1.54) is 43.1 Å². The fourth-order valence-corrected chi connectivity index (χ4v) is 3.93. The second-order valence-corrected chi connectivity index (χ2v) is 5.91. The third kappa shape index (κ3) is 1.06. The van der Waals surface area contributed by atoms with E-state index in [4.69, 9.17) is 0 Å². The second kappa shape index (κ2) is 3.42. The van der Waals surface area contributed by atoms with Crippen molar-refractivity contribution in [1.29, 1.82) is 0 Å². The fourth-order valence-electron chi connectivity index (χ4n) is 3.93. The van der Waals surface area contributed by atoms with Crippen molar-refractivity contribution in [2.24, 2.45) is 0 Å². The lowest BCUT2D eigenvalue weighted by atomic mass is 9.89. The van der Waals surface area contributed by atoms with Crippen LogP contribution in [0.1, 0.15) is 0 Å². The molecule has 2 nitrogen and oxygen atoms in total. The minimum atomic E-state index is 1.01. The van der Waals surface area contributed by atoms with Crippen LogP contribution < -0.4 is 0 Å². The largest absolute Gasteiger partial charge is 0.254 e. The van der Waals surface area contributed by atoms with E-state index in [9.17, 15) is 0 Å². The van der Waals surface area contributed by atoms with Gasteiger partial charge in [0.25, 0.3) is 0 Å². The Balaban J connectivity index is 2.21. The summed E-state index contributed by atoms with van der Waals surface area (Å²) in [6, 6.07) is 17.4. The smallest absolute Gasteiger partial charge is 0.0977 e. The molecule has 100 valence electrons. The van der Waals surface area contributed by atoms with Gasteiger partial charge in [0.1, 0.15) is 0 Å². The van der Waals surface area contributed by atoms with Crippen molar-refractivity contribution in [3.05, 3.63) is 60.9 Å². The molecular formula is C20H10N2. The maximum absolute atomic E-state index is 4.67. The van der Waals surface area contributed by atoms with Crippen molar-refractivity contribution in [3.63, 3.8) is 0 Å². The normalized spacial score (nSPS) is 12.5. The first kappa shape index (κ1) is 10.7. The van der Waals surface area contributed by atoms with Gasteiger partial charge in [-0.05, 0) is 33.7 Å². The van der Waals surface area contributed by atoms with Gasteiger partial charge in [0.15, 0.2) is 0 Å². The Labute approximate surface area is 125 Å². The zero-order valence-corrected chi connectivity index (χ0v) is 11.7. The molecule has 0 N–H and O–H groups in total. The molecule has 0 fully saturated rings. The van der Waals surface area contributed by atoms with Crippen molar-refractivity contribution in [3.8, 4) is 0 Å². The molecule has 2 aromatic heterocycles. The van der Waals surface area contributed by atoms with Crippen molar-refractivity contribution in [1.82, 2.24) is 9.97 Å². The van der Waals surface area contributed by atoms with Crippen molar-refractivity contribution in [2.45, 2.75) is 0 Å². The Bertz CT molecular complexity index is 1200. The molecule has 0 aliphatic rings. The van der Waals surface area contributed by atoms with E-state index in [0.717, 1.165) is 11.0 Å². The summed E-state index contributed by atoms with van der Waals surface area (Å²) < 4.78 is 0. The van der Waals surface area contributed by atoms with Crippen molar-refractivity contribution >= 4 is 54.1 Å². The number of nitrogens with zero attached hydrogens (tertiary/aromatic N) is 2. The van der Waals surface area contributed by atoms with Gasteiger partial charge in [-0.3, -0.25) is 9.97 Å². The molecule has 6 rings (SSSR count). The Morgan fingerprint density at radius 1 is 0.409 bits per heavy atom. The van der Waals surface area contributed by atoms with E-state index in [1.807, 2.05) is 12.4 Å². The average molecular weight is 278 g/mol. The minimum absolute atomic E-state index is 1.01. The third-order valence-corrected chi connectivity index (χ3v) is 4.85. The summed E-state index contributed by atoms with van der Waals surface area (Å²) in [5, 5.41) is 10.1. The van der Waals surface area contributed by atoms with Crippen LogP contribution in [0.25, 0.3) is 54.1 Å². The van der Waals surface area contributed by atoms with Crippen LogP contribution in [0.15, 0.2) is 60.9 Å². The van der Waals surface area contributed by atoms with E-state index < -0.39 is 0 Å². The van der Waals surface area contributed by atoms with Crippen LogP contribution in [0.5, 0.6) is 0 Å². The predicted octanol–water partition coefficient (Wildman–Crippen LogP) is 5.12. The van der Waals surface area contributed by atoms with Gasteiger partial charge >= 0.3 is 0 Å². The van der Waals surface area contributed by atoms with Crippen LogP contribution in [0.3, 0.4) is 0 Å². The van der Waals surface area contributed by atoms with Crippen LogP contribution in [0.2, 0.25) is 0 Å². The lowest BCUT2D eigenvalue weighted by molar-refractivity contribution is 1.39. The highest BCUT2D eigenvalue weighted by Crippen LogP contribution is 2.42. The molecule has 0 aliphatic heterocycles. The molecule has 6 aromatic rings. The van der Waals surface area contributed by atoms with Crippen molar-refractivity contribution in [2.75, 3.05) is 0 Å². The predicted molar refractivity (Wildman–Crippen MR) is 91.9 cm³/mol. The molecule has 0 amide bonds. The number of pyridine rings is 2. The van der Waals surface area contributed by atoms with E-state index in [0.29, 0.717) is 0 Å². The molecule has 0 unspecified atom stereocenters. The summed E-state index contributed by atoms with van der Waals surface area (Å²) in [4.78, 5) is 9.34. The standard InChI is InChI=1S/C20H10N2/c1-2-12-4-6-14-8-10-22-20-18(14)16(12)15-11(1)3-5-13-7-9-21-19(20)17(13)15/h1-10H. The Morgan fingerprint density at radius 3 is 1.18 bits per heavy atom. The summed E-state index contributed by atoms with van der Waals surface area (Å²) in [6.07, 6.45) is 3.77. The van der Waals surface area contributed by atoms with Crippen LogP contribution in [-0.2, 0) is 0 Å². The van der Waals surface area contributed by atoms with Crippen LogP contribution in [-0.4, -0.2) is 9.97 Å². The average Bonchev–Trinajstić information content (AvgIpc) is 2.59. The molecule has 0 saturated carbocycles. The lowest BCUT2D eigenvalue weighted by Gasteiger charge is -2.16. The monoisotopic (exact) mass is 278 g/mol. The number of rotatable bonds is 0. The van der Waals surface area contributed by atoms with Gasteiger partial charge in [0, 0.05) is 33.9 Å². The third-order valence-electron chi connectivity index (χ3n) is 4.85. The minimum Gasteiger partial charge on any atom is -0.254 e. The molecule has 0 bridgehead atoms. The molecule has 0 spiro atoms. The van der Waals surface area contributed by atoms with Crippen molar-refractivity contribution < 1.29 is 0 Å². The van der Waals surface area contributed by atoms with Gasteiger partial charge in [0.2, 0.25) is 0 Å². The van der Waals surface area contributed by atoms with E-state index >= 15 is 0 Å². The molecule has 0 saturated heterocycles.